The largest absolute Gasteiger partial charge is 0.296 e. The lowest BCUT2D eigenvalue weighted by Gasteiger charge is -2.34. The van der Waals surface area contributed by atoms with Gasteiger partial charge >= 0.3 is 0 Å². The van der Waals surface area contributed by atoms with E-state index in [9.17, 15) is 4.79 Å². The topological polar surface area (TPSA) is 35.6 Å². The molecule has 0 aliphatic carbocycles. The van der Waals surface area contributed by atoms with Crippen molar-refractivity contribution in [2.24, 2.45) is 0 Å². The monoisotopic (exact) mass is 421 g/mol. The number of piperazine rings is 1. The van der Waals surface area contributed by atoms with E-state index < -0.39 is 0 Å². The molecule has 1 aliphatic heterocycles. The van der Waals surface area contributed by atoms with Gasteiger partial charge < -0.3 is 0 Å². The summed E-state index contributed by atoms with van der Waals surface area (Å²) in [6.07, 6.45) is 0. The molecular weight excluding hydrogens is 401 g/mol. The van der Waals surface area contributed by atoms with Gasteiger partial charge in [-0.25, -0.2) is 5.01 Å². The first-order valence-corrected chi connectivity index (χ1v) is 8.86. The summed E-state index contributed by atoms with van der Waals surface area (Å²) in [5.74, 6) is -0.0297. The summed E-state index contributed by atoms with van der Waals surface area (Å²) < 4.78 is 1.13. The number of rotatable bonds is 4. The van der Waals surface area contributed by atoms with E-state index in [1.807, 2.05) is 35.3 Å². The van der Waals surface area contributed by atoms with Crippen LogP contribution in [-0.2, 0) is 6.54 Å². The molecule has 1 saturated heterocycles. The molecule has 2 aromatic rings. The lowest BCUT2D eigenvalue weighted by atomic mass is 10.2. The van der Waals surface area contributed by atoms with Crippen molar-refractivity contribution >= 4 is 28.5 Å². The van der Waals surface area contributed by atoms with Crippen molar-refractivity contribution in [1.82, 2.24) is 15.3 Å². The molecule has 0 unspecified atom stereocenters. The van der Waals surface area contributed by atoms with Gasteiger partial charge in [-0.15, -0.1) is 0 Å². The Kier molecular flexibility index (Phi) is 5.64. The van der Waals surface area contributed by atoms with Gasteiger partial charge in [0.25, 0.3) is 5.91 Å². The van der Waals surface area contributed by atoms with Gasteiger partial charge in [0, 0.05) is 41.9 Å². The van der Waals surface area contributed by atoms with Crippen molar-refractivity contribution in [3.63, 3.8) is 0 Å². The van der Waals surface area contributed by atoms with E-state index in [1.54, 1.807) is 0 Å². The minimum atomic E-state index is -0.0297. The van der Waals surface area contributed by atoms with Crippen LogP contribution in [0.2, 0.25) is 0 Å². The third-order valence-corrected chi connectivity index (χ3v) is 4.71. The zero-order chi connectivity index (χ0) is 16.1. The first kappa shape index (κ1) is 16.4. The quantitative estimate of drug-likeness (QED) is 0.772. The predicted molar refractivity (Wildman–Crippen MR) is 99.9 cm³/mol. The zero-order valence-corrected chi connectivity index (χ0v) is 15.1. The highest BCUT2D eigenvalue weighted by atomic mass is 127. The van der Waals surface area contributed by atoms with Crippen LogP contribution in [0.1, 0.15) is 15.9 Å². The fourth-order valence-electron chi connectivity index (χ4n) is 2.67. The molecule has 0 spiro atoms. The first-order chi connectivity index (χ1) is 11.2. The smallest absolute Gasteiger partial charge is 0.265 e. The summed E-state index contributed by atoms with van der Waals surface area (Å²) in [4.78, 5) is 14.6. The fraction of sp³-hybridized carbons (Fsp3) is 0.278. The van der Waals surface area contributed by atoms with Gasteiger partial charge in [0.1, 0.15) is 0 Å². The molecule has 0 atom stereocenters. The first-order valence-electron chi connectivity index (χ1n) is 7.78. The zero-order valence-electron chi connectivity index (χ0n) is 12.9. The molecule has 1 fully saturated rings. The van der Waals surface area contributed by atoms with Gasteiger partial charge in [-0.3, -0.25) is 15.1 Å². The molecule has 0 radical (unpaired) electrons. The molecule has 1 amide bonds. The summed E-state index contributed by atoms with van der Waals surface area (Å²) >= 11 is 2.24. The maximum atomic E-state index is 12.2. The predicted octanol–water partition coefficient (Wildman–Crippen LogP) is 2.75. The van der Waals surface area contributed by atoms with Crippen LogP contribution in [0.5, 0.6) is 0 Å². The number of amides is 1. The Bertz CT molecular complexity index is 637. The summed E-state index contributed by atoms with van der Waals surface area (Å²) in [7, 11) is 0. The molecule has 3 rings (SSSR count). The molecule has 2 aromatic carbocycles. The van der Waals surface area contributed by atoms with Crippen LogP contribution < -0.4 is 5.43 Å². The van der Waals surface area contributed by atoms with E-state index in [0.717, 1.165) is 36.3 Å². The second kappa shape index (κ2) is 7.90. The summed E-state index contributed by atoms with van der Waals surface area (Å²) in [5.41, 5.74) is 5.05. The van der Waals surface area contributed by atoms with Gasteiger partial charge in [0.15, 0.2) is 0 Å². The normalized spacial score (nSPS) is 16.2. The number of benzene rings is 2. The maximum Gasteiger partial charge on any atom is 0.265 e. The van der Waals surface area contributed by atoms with E-state index >= 15 is 0 Å². The highest BCUT2D eigenvalue weighted by molar-refractivity contribution is 14.1. The number of hydrazine groups is 1. The number of hydrogen-bond acceptors (Lipinski definition) is 3. The van der Waals surface area contributed by atoms with Gasteiger partial charge in [0.2, 0.25) is 0 Å². The minimum absolute atomic E-state index is 0.0297. The lowest BCUT2D eigenvalue weighted by molar-refractivity contribution is 0.0604. The number of nitrogens with zero attached hydrogens (tertiary/aromatic N) is 2. The van der Waals surface area contributed by atoms with Crippen molar-refractivity contribution in [3.8, 4) is 0 Å². The van der Waals surface area contributed by atoms with Crippen molar-refractivity contribution in [3.05, 3.63) is 69.3 Å². The molecule has 1 N–H and O–H groups in total. The highest BCUT2D eigenvalue weighted by Crippen LogP contribution is 2.09. The van der Waals surface area contributed by atoms with Crippen molar-refractivity contribution < 1.29 is 4.79 Å². The molecular formula is C18H20IN3O. The van der Waals surface area contributed by atoms with Crippen LogP contribution >= 0.6 is 22.6 Å². The Hall–Kier alpha value is -1.44. The van der Waals surface area contributed by atoms with Gasteiger partial charge in [-0.05, 0) is 52.4 Å². The number of halogens is 1. The molecule has 0 saturated carbocycles. The van der Waals surface area contributed by atoms with E-state index in [-0.39, 0.29) is 5.91 Å². The third kappa shape index (κ3) is 4.76. The molecule has 4 nitrogen and oxygen atoms in total. The van der Waals surface area contributed by atoms with Gasteiger partial charge in [0.05, 0.1) is 0 Å². The average Bonchev–Trinajstić information content (AvgIpc) is 2.58. The van der Waals surface area contributed by atoms with E-state index in [0.29, 0.717) is 5.56 Å². The third-order valence-electron chi connectivity index (χ3n) is 3.99. The molecule has 23 heavy (non-hydrogen) atoms. The van der Waals surface area contributed by atoms with Crippen LogP contribution in [0.3, 0.4) is 0 Å². The Labute approximate surface area is 150 Å². The summed E-state index contributed by atoms with van der Waals surface area (Å²) in [5, 5.41) is 2.02. The van der Waals surface area contributed by atoms with Crippen molar-refractivity contribution in [1.29, 1.82) is 0 Å². The molecule has 1 aliphatic rings. The Morgan fingerprint density at radius 2 is 1.61 bits per heavy atom. The average molecular weight is 421 g/mol. The maximum absolute atomic E-state index is 12.2. The molecule has 120 valence electrons. The van der Waals surface area contributed by atoms with Crippen LogP contribution in [-0.4, -0.2) is 42.0 Å². The number of carbonyl (C=O) groups is 1. The van der Waals surface area contributed by atoms with Crippen LogP contribution in [0.25, 0.3) is 0 Å². The second-order valence-corrected chi connectivity index (χ2v) is 6.94. The molecule has 5 heteroatoms. The standard InChI is InChI=1S/C18H20IN3O/c19-17-8-6-16(7-9-17)18(23)20-22-12-10-21(11-13-22)14-15-4-2-1-3-5-15/h1-9H,10-14H2,(H,20,23). The summed E-state index contributed by atoms with van der Waals surface area (Å²) in [6, 6.07) is 18.1. The van der Waals surface area contributed by atoms with E-state index in [1.165, 1.54) is 5.56 Å². The molecule has 0 aromatic heterocycles. The molecule has 0 bridgehead atoms. The van der Waals surface area contributed by atoms with Gasteiger partial charge in [-0.1, -0.05) is 30.3 Å². The van der Waals surface area contributed by atoms with E-state index in [2.05, 4.69) is 57.2 Å². The SMILES string of the molecule is O=C(NN1CCN(Cc2ccccc2)CC1)c1ccc(I)cc1. The van der Waals surface area contributed by atoms with E-state index in [4.69, 9.17) is 0 Å². The number of nitrogens with one attached hydrogen (secondary N) is 1. The Balaban J connectivity index is 1.47. The number of hydrogen-bond donors (Lipinski definition) is 1. The lowest BCUT2D eigenvalue weighted by Crippen LogP contribution is -2.53. The van der Waals surface area contributed by atoms with Crippen LogP contribution in [0, 0.1) is 3.57 Å². The summed E-state index contributed by atoms with van der Waals surface area (Å²) in [6.45, 7) is 4.59. The second-order valence-electron chi connectivity index (χ2n) is 5.70. The highest BCUT2D eigenvalue weighted by Gasteiger charge is 2.18. The minimum Gasteiger partial charge on any atom is -0.296 e. The fourth-order valence-corrected chi connectivity index (χ4v) is 3.03. The van der Waals surface area contributed by atoms with Crippen molar-refractivity contribution in [2.45, 2.75) is 6.54 Å². The van der Waals surface area contributed by atoms with Crippen LogP contribution in [0.4, 0.5) is 0 Å². The van der Waals surface area contributed by atoms with Crippen LogP contribution in [0.15, 0.2) is 54.6 Å². The van der Waals surface area contributed by atoms with Crippen molar-refractivity contribution in [2.75, 3.05) is 26.2 Å². The molecule has 1 heterocycles. The Morgan fingerprint density at radius 1 is 0.957 bits per heavy atom. The Morgan fingerprint density at radius 3 is 2.26 bits per heavy atom. The number of carbonyl (C=O) groups excluding carboxylic acids is 1. The van der Waals surface area contributed by atoms with Gasteiger partial charge in [-0.2, -0.15) is 0 Å².